The number of aryl methyl sites for hydroxylation is 1. The Bertz CT molecular complexity index is 938. The van der Waals surface area contributed by atoms with Crippen molar-refractivity contribution in [1.82, 2.24) is 9.03 Å². The number of nitrogens with zero attached hydrogens (tertiary/aromatic N) is 1. The molecule has 136 valence electrons. The van der Waals surface area contributed by atoms with E-state index in [9.17, 15) is 18.0 Å². The highest BCUT2D eigenvalue weighted by Gasteiger charge is 2.33. The van der Waals surface area contributed by atoms with Crippen LogP contribution < -0.4 is 4.72 Å². The van der Waals surface area contributed by atoms with Gasteiger partial charge in [0.25, 0.3) is 0 Å². The average Bonchev–Trinajstić information content (AvgIpc) is 2.86. The van der Waals surface area contributed by atoms with Crippen molar-refractivity contribution >= 4 is 22.1 Å². The second-order valence-electron chi connectivity index (χ2n) is 6.00. The lowest BCUT2D eigenvalue weighted by Crippen LogP contribution is -2.29. The first-order chi connectivity index (χ1) is 12.3. The van der Waals surface area contributed by atoms with Crippen molar-refractivity contribution in [3.8, 4) is 0 Å². The molecule has 1 amide bonds. The maximum absolute atomic E-state index is 12.1. The van der Waals surface area contributed by atoms with Crippen LogP contribution in [-0.2, 0) is 32.9 Å². The van der Waals surface area contributed by atoms with E-state index >= 15 is 0 Å². The van der Waals surface area contributed by atoms with E-state index in [0.717, 1.165) is 15.4 Å². The lowest BCUT2D eigenvalue weighted by atomic mass is 10.1. The summed E-state index contributed by atoms with van der Waals surface area (Å²) in [6.07, 6.45) is 0. The minimum absolute atomic E-state index is 0.0552. The predicted molar refractivity (Wildman–Crippen MR) is 94.2 cm³/mol. The highest BCUT2D eigenvalue weighted by molar-refractivity contribution is 7.88. The van der Waals surface area contributed by atoms with Gasteiger partial charge in [0, 0.05) is 6.54 Å². The second kappa shape index (κ2) is 7.27. The molecule has 0 unspecified atom stereocenters. The molecule has 1 heterocycles. The molecule has 0 saturated carbocycles. The third kappa shape index (κ3) is 4.09. The van der Waals surface area contributed by atoms with E-state index in [2.05, 4.69) is 0 Å². The first-order valence-corrected chi connectivity index (χ1v) is 9.40. The van der Waals surface area contributed by atoms with Crippen LogP contribution >= 0.6 is 0 Å². The Morgan fingerprint density at radius 3 is 2.46 bits per heavy atom. The van der Waals surface area contributed by atoms with Crippen molar-refractivity contribution in [2.45, 2.75) is 20.1 Å². The molecule has 0 spiro atoms. The van der Waals surface area contributed by atoms with Crippen molar-refractivity contribution in [2.24, 2.45) is 0 Å². The normalized spacial score (nSPS) is 16.3. The number of rotatable bonds is 5. The van der Waals surface area contributed by atoms with Crippen LogP contribution in [0.25, 0.3) is 0 Å². The van der Waals surface area contributed by atoms with Gasteiger partial charge in [0.05, 0.1) is 12.1 Å². The van der Waals surface area contributed by atoms with E-state index < -0.39 is 22.1 Å². The molecular formula is C18H18N2O5S. The number of nitrogens with one attached hydrogen (secondary N) is 1. The summed E-state index contributed by atoms with van der Waals surface area (Å²) in [7, 11) is -3.76. The van der Waals surface area contributed by atoms with Gasteiger partial charge < -0.3 is 4.74 Å². The molecule has 8 heteroatoms. The fourth-order valence-electron chi connectivity index (χ4n) is 2.58. The molecule has 1 saturated heterocycles. The van der Waals surface area contributed by atoms with Crippen LogP contribution in [0, 0.1) is 6.92 Å². The molecule has 1 aliphatic rings. The van der Waals surface area contributed by atoms with Crippen molar-refractivity contribution in [2.75, 3.05) is 6.54 Å². The molecule has 1 N–H and O–H groups in total. The summed E-state index contributed by atoms with van der Waals surface area (Å²) in [5.74, 6) is -1.01. The monoisotopic (exact) mass is 374 g/mol. The molecule has 1 aliphatic heterocycles. The van der Waals surface area contributed by atoms with Crippen LogP contribution in [0.3, 0.4) is 0 Å². The molecule has 0 bridgehead atoms. The van der Waals surface area contributed by atoms with Gasteiger partial charge >= 0.3 is 16.2 Å². The van der Waals surface area contributed by atoms with Gasteiger partial charge in [-0.25, -0.2) is 9.52 Å². The summed E-state index contributed by atoms with van der Waals surface area (Å²) < 4.78 is 31.7. The van der Waals surface area contributed by atoms with Crippen LogP contribution in [0.2, 0.25) is 0 Å². The van der Waals surface area contributed by atoms with Gasteiger partial charge in [-0.3, -0.25) is 4.79 Å². The summed E-state index contributed by atoms with van der Waals surface area (Å²) in [6.45, 7) is 1.99. The molecule has 0 aromatic heterocycles. The number of carbonyl (C=O) groups is 2. The van der Waals surface area contributed by atoms with Gasteiger partial charge in [0.1, 0.15) is 6.61 Å². The van der Waals surface area contributed by atoms with Crippen LogP contribution in [0.1, 0.15) is 27.0 Å². The first-order valence-electron chi connectivity index (χ1n) is 7.96. The highest BCUT2D eigenvalue weighted by atomic mass is 32.2. The van der Waals surface area contributed by atoms with Gasteiger partial charge in [-0.1, -0.05) is 36.4 Å². The Morgan fingerprint density at radius 2 is 1.85 bits per heavy atom. The Kier molecular flexibility index (Phi) is 5.06. The lowest BCUT2D eigenvalue weighted by molar-refractivity contribution is -0.118. The van der Waals surface area contributed by atoms with E-state index in [4.69, 9.17) is 4.74 Å². The molecule has 0 atom stereocenters. The predicted octanol–water partition coefficient (Wildman–Crippen LogP) is 1.53. The number of hydrogen-bond donors (Lipinski definition) is 1. The molecule has 0 aliphatic carbocycles. The molecule has 0 radical (unpaired) electrons. The quantitative estimate of drug-likeness (QED) is 0.801. The molecule has 1 fully saturated rings. The topological polar surface area (TPSA) is 92.8 Å². The Balaban J connectivity index is 1.61. The number of amides is 1. The molecule has 3 rings (SSSR count). The van der Waals surface area contributed by atoms with Crippen molar-refractivity contribution in [1.29, 1.82) is 0 Å². The number of benzene rings is 2. The molecule has 7 nitrogen and oxygen atoms in total. The Hall–Kier alpha value is -2.71. The highest BCUT2D eigenvalue weighted by Crippen LogP contribution is 2.15. The first kappa shape index (κ1) is 18.1. The standard InChI is InChI=1S/C18H18N2O5S/c1-13-4-2-3-5-16(13)12-25-18(22)15-8-6-14(7-9-15)10-20-11-17(21)19-26(20,23)24/h2-9H,10-12H2,1H3,(H,19,21). The largest absolute Gasteiger partial charge is 0.457 e. The maximum Gasteiger partial charge on any atom is 0.338 e. The summed E-state index contributed by atoms with van der Waals surface area (Å²) in [6, 6.07) is 14.1. The van der Waals surface area contributed by atoms with Gasteiger partial charge in [-0.15, -0.1) is 0 Å². The number of esters is 1. The van der Waals surface area contributed by atoms with Gasteiger partial charge in [0.15, 0.2) is 0 Å². The van der Waals surface area contributed by atoms with Crippen LogP contribution in [0.4, 0.5) is 0 Å². The minimum Gasteiger partial charge on any atom is -0.457 e. The fourth-order valence-corrected chi connectivity index (χ4v) is 3.66. The summed E-state index contributed by atoms with van der Waals surface area (Å²) in [5, 5.41) is 0. The summed E-state index contributed by atoms with van der Waals surface area (Å²) in [4.78, 5) is 23.4. The average molecular weight is 374 g/mol. The van der Waals surface area contributed by atoms with Gasteiger partial charge in [-0.05, 0) is 35.7 Å². The maximum atomic E-state index is 12.1. The third-order valence-electron chi connectivity index (χ3n) is 4.07. The summed E-state index contributed by atoms with van der Waals surface area (Å²) >= 11 is 0. The van der Waals surface area contributed by atoms with Gasteiger partial charge in [0.2, 0.25) is 5.91 Å². The van der Waals surface area contributed by atoms with E-state index in [-0.39, 0.29) is 19.7 Å². The number of ether oxygens (including phenoxy) is 1. The van der Waals surface area contributed by atoms with Gasteiger partial charge in [-0.2, -0.15) is 12.7 Å². The van der Waals surface area contributed by atoms with Crippen LogP contribution in [-0.4, -0.2) is 31.1 Å². The Morgan fingerprint density at radius 1 is 1.15 bits per heavy atom. The van der Waals surface area contributed by atoms with E-state index in [0.29, 0.717) is 11.1 Å². The number of hydrogen-bond acceptors (Lipinski definition) is 5. The van der Waals surface area contributed by atoms with Crippen molar-refractivity contribution < 1.29 is 22.7 Å². The Labute approximate surface area is 151 Å². The van der Waals surface area contributed by atoms with Crippen LogP contribution in [0.5, 0.6) is 0 Å². The smallest absolute Gasteiger partial charge is 0.338 e. The summed E-state index contributed by atoms with van der Waals surface area (Å²) in [5.41, 5.74) is 3.03. The zero-order valence-corrected chi connectivity index (χ0v) is 15.0. The minimum atomic E-state index is -3.76. The molecule has 2 aromatic carbocycles. The third-order valence-corrected chi connectivity index (χ3v) is 5.49. The second-order valence-corrected chi connectivity index (χ2v) is 7.67. The van der Waals surface area contributed by atoms with E-state index in [1.54, 1.807) is 24.3 Å². The van der Waals surface area contributed by atoms with Crippen molar-refractivity contribution in [3.63, 3.8) is 0 Å². The van der Waals surface area contributed by atoms with E-state index in [1.165, 1.54) is 0 Å². The van der Waals surface area contributed by atoms with Crippen LogP contribution in [0.15, 0.2) is 48.5 Å². The molecule has 26 heavy (non-hydrogen) atoms. The van der Waals surface area contributed by atoms with E-state index in [1.807, 2.05) is 35.9 Å². The lowest BCUT2D eigenvalue weighted by Gasteiger charge is -2.12. The van der Waals surface area contributed by atoms with Crippen molar-refractivity contribution in [3.05, 3.63) is 70.8 Å². The number of carbonyl (C=O) groups excluding carboxylic acids is 2. The zero-order valence-electron chi connectivity index (χ0n) is 14.1. The zero-order chi connectivity index (χ0) is 18.7. The molecular weight excluding hydrogens is 356 g/mol. The molecule has 2 aromatic rings. The fraction of sp³-hybridized carbons (Fsp3) is 0.222. The SMILES string of the molecule is Cc1ccccc1COC(=O)c1ccc(CN2CC(=O)NS2(=O)=O)cc1.